The van der Waals surface area contributed by atoms with Crippen molar-refractivity contribution in [3.8, 4) is 0 Å². The van der Waals surface area contributed by atoms with E-state index in [2.05, 4.69) is 15.9 Å². The lowest BCUT2D eigenvalue weighted by Crippen LogP contribution is -2.30. The molecule has 106 valence electrons. The Bertz CT molecular complexity index is 659. The van der Waals surface area contributed by atoms with E-state index in [-0.39, 0.29) is 11.8 Å². The predicted octanol–water partition coefficient (Wildman–Crippen LogP) is 3.68. The molecule has 0 aromatic heterocycles. The van der Waals surface area contributed by atoms with Crippen LogP contribution in [0.3, 0.4) is 0 Å². The maximum atomic E-state index is 12.2. The Kier molecular flexibility index (Phi) is 3.88. The summed E-state index contributed by atoms with van der Waals surface area (Å²) < 4.78 is 1.05. The van der Waals surface area contributed by atoms with Crippen molar-refractivity contribution in [1.82, 2.24) is 4.90 Å². The number of imide groups is 1. The highest BCUT2D eigenvalue weighted by atomic mass is 79.9. The topological polar surface area (TPSA) is 37.4 Å². The molecule has 0 atom stereocenters. The molecule has 0 fully saturated rings. The quantitative estimate of drug-likeness (QED) is 0.794. The maximum Gasteiger partial charge on any atom is 0.261 e. The number of carbonyl (C=O) groups excluding carboxylic acids is 2. The summed E-state index contributed by atoms with van der Waals surface area (Å²) in [7, 11) is 0. The van der Waals surface area contributed by atoms with E-state index in [1.807, 2.05) is 24.3 Å². The summed E-state index contributed by atoms with van der Waals surface area (Å²) in [4.78, 5) is 25.7. The molecule has 1 aliphatic heterocycles. The van der Waals surface area contributed by atoms with Crippen LogP contribution in [0.1, 0.15) is 32.7 Å². The van der Waals surface area contributed by atoms with E-state index in [1.165, 1.54) is 10.5 Å². The summed E-state index contributed by atoms with van der Waals surface area (Å²) in [5, 5.41) is 0. The second-order valence-corrected chi connectivity index (χ2v) is 5.95. The van der Waals surface area contributed by atoms with Crippen molar-refractivity contribution in [3.63, 3.8) is 0 Å². The zero-order valence-electron chi connectivity index (χ0n) is 11.4. The number of hydrogen-bond acceptors (Lipinski definition) is 2. The first-order valence-electron chi connectivity index (χ1n) is 6.86. The highest BCUT2D eigenvalue weighted by molar-refractivity contribution is 9.10. The zero-order chi connectivity index (χ0) is 14.8. The zero-order valence-corrected chi connectivity index (χ0v) is 13.0. The molecule has 2 amide bonds. The Balaban J connectivity index is 1.63. The molecular formula is C17H14BrNO2. The van der Waals surface area contributed by atoms with Crippen LogP contribution in [0.25, 0.3) is 0 Å². The molecule has 0 spiro atoms. The average molecular weight is 344 g/mol. The van der Waals surface area contributed by atoms with E-state index < -0.39 is 0 Å². The summed E-state index contributed by atoms with van der Waals surface area (Å²) in [5.74, 6) is -0.349. The number of hydrogen-bond donors (Lipinski definition) is 0. The Hall–Kier alpha value is -1.94. The molecule has 1 aliphatic rings. The van der Waals surface area contributed by atoms with E-state index in [1.54, 1.807) is 24.3 Å². The number of amides is 2. The summed E-state index contributed by atoms with van der Waals surface area (Å²) in [6, 6.07) is 15.1. The van der Waals surface area contributed by atoms with Gasteiger partial charge in [0.2, 0.25) is 0 Å². The lowest BCUT2D eigenvalue weighted by Gasteiger charge is -2.13. The smallest absolute Gasteiger partial charge is 0.261 e. The van der Waals surface area contributed by atoms with Crippen LogP contribution in [-0.4, -0.2) is 23.3 Å². The fourth-order valence-electron chi connectivity index (χ4n) is 2.53. The molecule has 3 rings (SSSR count). The summed E-state index contributed by atoms with van der Waals surface area (Å²) in [6.45, 7) is 0.461. The molecule has 0 bridgehead atoms. The second-order valence-electron chi connectivity index (χ2n) is 5.04. The van der Waals surface area contributed by atoms with Gasteiger partial charge >= 0.3 is 0 Å². The molecular weight excluding hydrogens is 330 g/mol. The van der Waals surface area contributed by atoms with Crippen LogP contribution in [0.2, 0.25) is 0 Å². The number of rotatable bonds is 4. The number of benzene rings is 2. The van der Waals surface area contributed by atoms with Gasteiger partial charge in [-0.25, -0.2) is 0 Å². The van der Waals surface area contributed by atoms with Gasteiger partial charge in [0.05, 0.1) is 11.1 Å². The fourth-order valence-corrected chi connectivity index (χ4v) is 2.80. The van der Waals surface area contributed by atoms with Crippen molar-refractivity contribution < 1.29 is 9.59 Å². The van der Waals surface area contributed by atoms with Gasteiger partial charge < -0.3 is 0 Å². The van der Waals surface area contributed by atoms with E-state index in [0.717, 1.165) is 17.3 Å². The third-order valence-electron chi connectivity index (χ3n) is 3.64. The number of halogens is 1. The van der Waals surface area contributed by atoms with Crippen molar-refractivity contribution in [3.05, 3.63) is 69.7 Å². The number of aryl methyl sites for hydroxylation is 1. The molecule has 1 heterocycles. The predicted molar refractivity (Wildman–Crippen MR) is 84.3 cm³/mol. The normalized spacial score (nSPS) is 13.7. The van der Waals surface area contributed by atoms with Gasteiger partial charge in [0.1, 0.15) is 0 Å². The molecule has 21 heavy (non-hydrogen) atoms. The molecule has 2 aromatic carbocycles. The van der Waals surface area contributed by atoms with Gasteiger partial charge in [0, 0.05) is 11.0 Å². The van der Waals surface area contributed by atoms with Gasteiger partial charge in [-0.3, -0.25) is 14.5 Å². The summed E-state index contributed by atoms with van der Waals surface area (Å²) in [6.07, 6.45) is 1.62. The standard InChI is InChI=1S/C17H14BrNO2/c18-13-9-7-12(8-10-13)4-3-11-19-16(20)14-5-1-2-6-15(14)17(19)21/h1-2,5-10H,3-4,11H2. The van der Waals surface area contributed by atoms with Crippen molar-refractivity contribution in [2.24, 2.45) is 0 Å². The second kappa shape index (κ2) is 5.82. The van der Waals surface area contributed by atoms with Gasteiger partial charge in [-0.2, -0.15) is 0 Å². The molecule has 0 unspecified atom stereocenters. The highest BCUT2D eigenvalue weighted by Gasteiger charge is 2.34. The summed E-state index contributed by atoms with van der Waals surface area (Å²) >= 11 is 3.40. The van der Waals surface area contributed by atoms with Crippen LogP contribution in [-0.2, 0) is 6.42 Å². The third-order valence-corrected chi connectivity index (χ3v) is 4.17. The van der Waals surface area contributed by atoms with Crippen molar-refractivity contribution in [1.29, 1.82) is 0 Å². The lowest BCUT2D eigenvalue weighted by molar-refractivity contribution is 0.0652. The minimum Gasteiger partial charge on any atom is -0.274 e. The van der Waals surface area contributed by atoms with E-state index >= 15 is 0 Å². The van der Waals surface area contributed by atoms with Gasteiger partial charge in [-0.1, -0.05) is 40.2 Å². The highest BCUT2D eigenvalue weighted by Crippen LogP contribution is 2.22. The van der Waals surface area contributed by atoms with Gasteiger partial charge in [0.25, 0.3) is 11.8 Å². The monoisotopic (exact) mass is 343 g/mol. The Labute approximate surface area is 131 Å². The van der Waals surface area contributed by atoms with E-state index in [4.69, 9.17) is 0 Å². The van der Waals surface area contributed by atoms with Crippen molar-refractivity contribution in [2.75, 3.05) is 6.54 Å². The van der Waals surface area contributed by atoms with Crippen molar-refractivity contribution in [2.45, 2.75) is 12.8 Å². The van der Waals surface area contributed by atoms with Crippen molar-refractivity contribution >= 4 is 27.7 Å². The van der Waals surface area contributed by atoms with E-state index in [9.17, 15) is 9.59 Å². The first kappa shape index (κ1) is 14.0. The molecule has 0 radical (unpaired) electrons. The Morgan fingerprint density at radius 1 is 0.857 bits per heavy atom. The Morgan fingerprint density at radius 2 is 1.43 bits per heavy atom. The van der Waals surface area contributed by atoms with E-state index in [0.29, 0.717) is 17.7 Å². The van der Waals surface area contributed by atoms with Crippen LogP contribution >= 0.6 is 15.9 Å². The Morgan fingerprint density at radius 3 is 2.00 bits per heavy atom. The number of carbonyl (C=O) groups is 2. The molecule has 0 saturated carbocycles. The average Bonchev–Trinajstić information content (AvgIpc) is 2.75. The minimum atomic E-state index is -0.175. The molecule has 4 heteroatoms. The maximum absolute atomic E-state index is 12.2. The SMILES string of the molecule is O=C1c2ccccc2C(=O)N1CCCc1ccc(Br)cc1. The minimum absolute atomic E-state index is 0.175. The first-order valence-corrected chi connectivity index (χ1v) is 7.66. The molecule has 0 aliphatic carbocycles. The molecule has 3 nitrogen and oxygen atoms in total. The van der Waals surface area contributed by atoms with Crippen LogP contribution < -0.4 is 0 Å². The van der Waals surface area contributed by atoms with Crippen LogP contribution in [0.15, 0.2) is 53.0 Å². The molecule has 0 N–H and O–H groups in total. The van der Waals surface area contributed by atoms with Gasteiger partial charge in [-0.15, -0.1) is 0 Å². The fraction of sp³-hybridized carbons (Fsp3) is 0.176. The largest absolute Gasteiger partial charge is 0.274 e. The third kappa shape index (κ3) is 2.76. The van der Waals surface area contributed by atoms with Crippen LogP contribution in [0, 0.1) is 0 Å². The number of fused-ring (bicyclic) bond motifs is 1. The van der Waals surface area contributed by atoms with Gasteiger partial charge in [-0.05, 0) is 42.7 Å². The number of nitrogens with zero attached hydrogens (tertiary/aromatic N) is 1. The van der Waals surface area contributed by atoms with Gasteiger partial charge in [0.15, 0.2) is 0 Å². The molecule has 2 aromatic rings. The molecule has 0 saturated heterocycles. The summed E-state index contributed by atoms with van der Waals surface area (Å²) in [5.41, 5.74) is 2.24. The van der Waals surface area contributed by atoms with Crippen LogP contribution in [0.4, 0.5) is 0 Å². The van der Waals surface area contributed by atoms with Crippen LogP contribution in [0.5, 0.6) is 0 Å². The first-order chi connectivity index (χ1) is 10.2. The lowest BCUT2D eigenvalue weighted by atomic mass is 10.1.